The third kappa shape index (κ3) is 3.96. The third-order valence-corrected chi connectivity index (χ3v) is 6.00. The number of amides is 1. The van der Waals surface area contributed by atoms with Gasteiger partial charge in [-0.2, -0.15) is 0 Å². The van der Waals surface area contributed by atoms with Crippen molar-refractivity contribution in [3.05, 3.63) is 84.1 Å². The van der Waals surface area contributed by atoms with Gasteiger partial charge < -0.3 is 14.3 Å². The first-order valence-electron chi connectivity index (χ1n) is 10.9. The lowest BCUT2D eigenvalue weighted by molar-refractivity contribution is 0.0997. The highest BCUT2D eigenvalue weighted by molar-refractivity contribution is 6.02. The van der Waals surface area contributed by atoms with E-state index in [1.54, 1.807) is 24.3 Å². The summed E-state index contributed by atoms with van der Waals surface area (Å²) < 4.78 is 21.7. The van der Waals surface area contributed by atoms with E-state index >= 15 is 0 Å². The molecule has 1 fully saturated rings. The molecule has 0 aliphatic heterocycles. The van der Waals surface area contributed by atoms with Crippen LogP contribution < -0.4 is 5.32 Å². The van der Waals surface area contributed by atoms with E-state index in [9.17, 15) is 9.18 Å². The number of rotatable bonds is 5. The smallest absolute Gasteiger partial charge is 0.291 e. The van der Waals surface area contributed by atoms with Crippen LogP contribution in [0.1, 0.15) is 47.8 Å². The fraction of sp³-hybridized carbons (Fsp3) is 0.231. The second-order valence-corrected chi connectivity index (χ2v) is 8.28. The number of nitrogens with one attached hydrogen (secondary N) is 1. The van der Waals surface area contributed by atoms with Crippen molar-refractivity contribution in [3.63, 3.8) is 0 Å². The van der Waals surface area contributed by atoms with Gasteiger partial charge in [0.15, 0.2) is 11.5 Å². The topological polar surface area (TPSA) is 60.1 Å². The molecule has 4 aromatic rings. The van der Waals surface area contributed by atoms with Gasteiger partial charge in [0, 0.05) is 17.3 Å². The van der Waals surface area contributed by atoms with Crippen LogP contribution in [0.5, 0.6) is 0 Å². The average Bonchev–Trinajstić information content (AvgIpc) is 3.55. The van der Waals surface area contributed by atoms with Crippen LogP contribution in [0.3, 0.4) is 0 Å². The molecule has 1 saturated carbocycles. The van der Waals surface area contributed by atoms with Gasteiger partial charge in [-0.25, -0.2) is 9.37 Å². The maximum absolute atomic E-state index is 13.5. The number of furan rings is 1. The molecule has 162 valence electrons. The van der Waals surface area contributed by atoms with Crippen LogP contribution in [0.4, 0.5) is 10.1 Å². The number of halogens is 1. The van der Waals surface area contributed by atoms with Gasteiger partial charge in [0.05, 0.1) is 12.0 Å². The molecular weight excluding hydrogens is 405 g/mol. The molecule has 2 aromatic heterocycles. The van der Waals surface area contributed by atoms with Crippen LogP contribution in [0.2, 0.25) is 0 Å². The van der Waals surface area contributed by atoms with Crippen molar-refractivity contribution >= 4 is 11.6 Å². The molecule has 1 amide bonds. The molecule has 1 aliphatic carbocycles. The van der Waals surface area contributed by atoms with Crippen molar-refractivity contribution < 1.29 is 13.6 Å². The first-order chi connectivity index (χ1) is 15.6. The van der Waals surface area contributed by atoms with Crippen LogP contribution in [0.25, 0.3) is 22.7 Å². The summed E-state index contributed by atoms with van der Waals surface area (Å²) >= 11 is 0. The highest BCUT2D eigenvalue weighted by atomic mass is 19.1. The number of nitrogens with zero attached hydrogens (tertiary/aromatic N) is 2. The van der Waals surface area contributed by atoms with E-state index in [-0.39, 0.29) is 17.5 Å². The van der Waals surface area contributed by atoms with E-state index < -0.39 is 0 Å². The number of hydrogen-bond donors (Lipinski definition) is 1. The van der Waals surface area contributed by atoms with Gasteiger partial charge in [-0.1, -0.05) is 30.5 Å². The van der Waals surface area contributed by atoms with Crippen LogP contribution in [-0.2, 0) is 0 Å². The van der Waals surface area contributed by atoms with E-state index in [1.165, 1.54) is 25.0 Å². The quantitative estimate of drug-likeness (QED) is 0.388. The number of aryl methyl sites for hydroxylation is 1. The van der Waals surface area contributed by atoms with Crippen LogP contribution in [-0.4, -0.2) is 15.5 Å². The number of carbonyl (C=O) groups excluding carboxylic acids is 1. The number of benzene rings is 2. The summed E-state index contributed by atoms with van der Waals surface area (Å²) in [6, 6.07) is 17.7. The summed E-state index contributed by atoms with van der Waals surface area (Å²) in [4.78, 5) is 17.4. The maximum Gasteiger partial charge on any atom is 0.291 e. The number of aromatic nitrogens is 2. The summed E-state index contributed by atoms with van der Waals surface area (Å²) in [5, 5.41) is 2.87. The lowest BCUT2D eigenvalue weighted by Crippen LogP contribution is -2.10. The Balaban J connectivity index is 1.50. The highest BCUT2D eigenvalue weighted by Crippen LogP contribution is 2.39. The molecule has 0 radical (unpaired) electrons. The van der Waals surface area contributed by atoms with Gasteiger partial charge in [-0.3, -0.25) is 4.79 Å². The Morgan fingerprint density at radius 2 is 1.75 bits per heavy atom. The minimum atomic E-state index is -0.310. The Bertz CT molecular complexity index is 1230. The highest BCUT2D eigenvalue weighted by Gasteiger charge is 2.26. The fourth-order valence-electron chi connectivity index (χ4n) is 4.30. The summed E-state index contributed by atoms with van der Waals surface area (Å²) in [5.74, 6) is 0.196. The van der Waals surface area contributed by atoms with Crippen molar-refractivity contribution in [3.8, 4) is 22.7 Å². The van der Waals surface area contributed by atoms with E-state index in [0.717, 1.165) is 35.4 Å². The van der Waals surface area contributed by atoms with Crippen molar-refractivity contribution in [2.24, 2.45) is 0 Å². The zero-order valence-electron chi connectivity index (χ0n) is 17.8. The number of imidazole rings is 1. The molecule has 0 saturated heterocycles. The van der Waals surface area contributed by atoms with Crippen molar-refractivity contribution in [2.75, 3.05) is 5.32 Å². The normalized spacial score (nSPS) is 14.1. The zero-order chi connectivity index (χ0) is 22.1. The van der Waals surface area contributed by atoms with Crippen LogP contribution in [0.15, 0.2) is 71.4 Å². The zero-order valence-corrected chi connectivity index (χ0v) is 17.8. The van der Waals surface area contributed by atoms with Crippen molar-refractivity contribution in [1.82, 2.24) is 9.55 Å². The molecule has 5 nitrogen and oxygen atoms in total. The Morgan fingerprint density at radius 1 is 1.03 bits per heavy atom. The summed E-state index contributed by atoms with van der Waals surface area (Å²) in [6.45, 7) is 2.00. The predicted molar refractivity (Wildman–Crippen MR) is 122 cm³/mol. The van der Waals surface area contributed by atoms with Gasteiger partial charge in [-0.15, -0.1) is 0 Å². The Morgan fingerprint density at radius 3 is 2.47 bits per heavy atom. The fourth-order valence-corrected chi connectivity index (χ4v) is 4.30. The predicted octanol–water partition coefficient (Wildman–Crippen LogP) is 6.63. The maximum atomic E-state index is 13.5. The summed E-state index contributed by atoms with van der Waals surface area (Å²) in [7, 11) is 0. The molecule has 5 rings (SSSR count). The Labute approximate surface area is 185 Å². The Kier molecular flexibility index (Phi) is 5.35. The van der Waals surface area contributed by atoms with E-state index in [2.05, 4.69) is 14.9 Å². The SMILES string of the molecule is Cc1ccc(NC(=O)c2ccc(-c3c(-c4ccc(F)cc4)ncn3C3CCCC3)o2)cc1. The van der Waals surface area contributed by atoms with Gasteiger partial charge in [-0.05, 0) is 68.3 Å². The molecule has 0 spiro atoms. The standard InChI is InChI=1S/C26H24FN3O2/c1-17-6-12-20(13-7-17)29-26(31)23-15-14-22(32-23)25-24(18-8-10-19(27)11-9-18)28-16-30(25)21-4-2-3-5-21/h6-16,21H,2-5H2,1H3,(H,29,31). The molecule has 2 aromatic carbocycles. The lowest BCUT2D eigenvalue weighted by atomic mass is 10.1. The monoisotopic (exact) mass is 429 g/mol. The van der Waals surface area contributed by atoms with Crippen LogP contribution >= 0.6 is 0 Å². The molecule has 32 heavy (non-hydrogen) atoms. The first kappa shape index (κ1) is 20.2. The minimum Gasteiger partial charge on any atom is -0.449 e. The third-order valence-electron chi connectivity index (χ3n) is 6.00. The van der Waals surface area contributed by atoms with Gasteiger partial charge in [0.1, 0.15) is 11.5 Å². The van der Waals surface area contributed by atoms with Crippen molar-refractivity contribution in [1.29, 1.82) is 0 Å². The van der Waals surface area contributed by atoms with E-state index in [0.29, 0.717) is 17.5 Å². The Hall–Kier alpha value is -3.67. The van der Waals surface area contributed by atoms with Crippen LogP contribution in [0, 0.1) is 12.7 Å². The minimum absolute atomic E-state index is 0.227. The molecule has 0 bridgehead atoms. The molecule has 6 heteroatoms. The van der Waals surface area contributed by atoms with Crippen molar-refractivity contribution in [2.45, 2.75) is 38.6 Å². The van der Waals surface area contributed by atoms with E-state index in [4.69, 9.17) is 4.42 Å². The molecule has 1 aliphatic rings. The second-order valence-electron chi connectivity index (χ2n) is 8.28. The molecule has 0 atom stereocenters. The molecule has 2 heterocycles. The van der Waals surface area contributed by atoms with E-state index in [1.807, 2.05) is 37.5 Å². The average molecular weight is 429 g/mol. The molecule has 1 N–H and O–H groups in total. The van der Waals surface area contributed by atoms with Gasteiger partial charge in [0.2, 0.25) is 0 Å². The van der Waals surface area contributed by atoms with Gasteiger partial charge >= 0.3 is 0 Å². The summed E-state index contributed by atoms with van der Waals surface area (Å²) in [5.41, 5.74) is 4.17. The second kappa shape index (κ2) is 8.46. The largest absolute Gasteiger partial charge is 0.449 e. The van der Waals surface area contributed by atoms with Gasteiger partial charge in [0.25, 0.3) is 5.91 Å². The first-order valence-corrected chi connectivity index (χ1v) is 10.9. The number of hydrogen-bond acceptors (Lipinski definition) is 3. The number of carbonyl (C=O) groups is 1. The summed E-state index contributed by atoms with van der Waals surface area (Å²) in [6.07, 6.45) is 6.34. The lowest BCUT2D eigenvalue weighted by Gasteiger charge is -2.15. The number of anilines is 1. The molecular formula is C26H24FN3O2. The molecule has 0 unspecified atom stereocenters.